The first-order chi connectivity index (χ1) is 12.7. The highest BCUT2D eigenvalue weighted by molar-refractivity contribution is 5.57. The number of benzene rings is 1. The van der Waals surface area contributed by atoms with E-state index in [1.807, 2.05) is 43.4 Å². The fourth-order valence-electron chi connectivity index (χ4n) is 2.74. The van der Waals surface area contributed by atoms with E-state index in [1.54, 1.807) is 23.9 Å². The molecule has 0 radical (unpaired) electrons. The van der Waals surface area contributed by atoms with Crippen LogP contribution in [-0.4, -0.2) is 39.0 Å². The molecule has 4 aromatic rings. The first kappa shape index (κ1) is 16.0. The van der Waals surface area contributed by atoms with E-state index in [9.17, 15) is 0 Å². The van der Waals surface area contributed by atoms with Gasteiger partial charge >= 0.3 is 0 Å². The number of pyridine rings is 1. The maximum atomic E-state index is 5.27. The van der Waals surface area contributed by atoms with Crippen molar-refractivity contribution in [3.63, 3.8) is 0 Å². The second kappa shape index (κ2) is 6.79. The Morgan fingerprint density at radius 3 is 2.69 bits per heavy atom. The lowest BCUT2D eigenvalue weighted by Gasteiger charge is -2.18. The van der Waals surface area contributed by atoms with Crippen LogP contribution < -0.4 is 9.64 Å². The Kier molecular flexibility index (Phi) is 4.18. The molecule has 7 nitrogen and oxygen atoms in total. The molecule has 26 heavy (non-hydrogen) atoms. The monoisotopic (exact) mass is 346 g/mol. The summed E-state index contributed by atoms with van der Waals surface area (Å²) in [6.45, 7) is 0.758. The summed E-state index contributed by atoms with van der Waals surface area (Å²) in [6.07, 6.45) is 1.68. The Hall–Kier alpha value is -3.48. The van der Waals surface area contributed by atoms with Crippen LogP contribution in [0.4, 0.5) is 5.82 Å². The minimum absolute atomic E-state index is 0.578. The van der Waals surface area contributed by atoms with Gasteiger partial charge in [-0.2, -0.15) is 4.52 Å². The van der Waals surface area contributed by atoms with Gasteiger partial charge in [-0.15, -0.1) is 15.3 Å². The van der Waals surface area contributed by atoms with Crippen LogP contribution in [0.25, 0.3) is 17.2 Å². The van der Waals surface area contributed by atoms with Gasteiger partial charge in [0.1, 0.15) is 17.3 Å². The van der Waals surface area contributed by atoms with Gasteiger partial charge in [-0.1, -0.05) is 30.3 Å². The molecule has 1 aromatic carbocycles. The third kappa shape index (κ3) is 3.06. The average Bonchev–Trinajstić information content (AvgIpc) is 3.12. The van der Waals surface area contributed by atoms with Crippen molar-refractivity contribution in [2.45, 2.75) is 6.54 Å². The SMILES string of the molecule is COc1ccnc(-c2nnc3ccc(N(C)Cc4ccccc4)nn23)c1. The number of aromatic nitrogens is 5. The largest absolute Gasteiger partial charge is 0.497 e. The predicted octanol–water partition coefficient (Wildman–Crippen LogP) is 2.83. The lowest BCUT2D eigenvalue weighted by atomic mass is 10.2. The van der Waals surface area contributed by atoms with E-state index >= 15 is 0 Å². The number of fused-ring (bicyclic) bond motifs is 1. The van der Waals surface area contributed by atoms with Crippen molar-refractivity contribution in [1.82, 2.24) is 24.8 Å². The molecular formula is C19H18N6O. The smallest absolute Gasteiger partial charge is 0.203 e. The third-order valence-electron chi connectivity index (χ3n) is 4.10. The highest BCUT2D eigenvalue weighted by Crippen LogP contribution is 2.21. The molecule has 0 aliphatic rings. The summed E-state index contributed by atoms with van der Waals surface area (Å²) in [6, 6.07) is 17.7. The zero-order valence-corrected chi connectivity index (χ0v) is 14.6. The molecule has 0 bridgehead atoms. The van der Waals surface area contributed by atoms with Gasteiger partial charge in [-0.25, -0.2) is 0 Å². The number of hydrogen-bond donors (Lipinski definition) is 0. The molecule has 0 amide bonds. The summed E-state index contributed by atoms with van der Waals surface area (Å²) in [7, 11) is 3.63. The summed E-state index contributed by atoms with van der Waals surface area (Å²) in [5.74, 6) is 2.11. The molecule has 0 aliphatic heterocycles. The fourth-order valence-corrected chi connectivity index (χ4v) is 2.74. The van der Waals surface area contributed by atoms with Crippen LogP contribution in [0.1, 0.15) is 5.56 Å². The summed E-state index contributed by atoms with van der Waals surface area (Å²) in [5, 5.41) is 13.1. The van der Waals surface area contributed by atoms with Crippen molar-refractivity contribution in [3.8, 4) is 17.3 Å². The zero-order valence-electron chi connectivity index (χ0n) is 14.6. The molecule has 3 heterocycles. The number of ether oxygens (including phenoxy) is 1. The van der Waals surface area contributed by atoms with Crippen molar-refractivity contribution >= 4 is 11.5 Å². The molecule has 0 spiro atoms. The van der Waals surface area contributed by atoms with Crippen molar-refractivity contribution in [2.75, 3.05) is 19.1 Å². The van der Waals surface area contributed by atoms with Gasteiger partial charge in [-0.3, -0.25) is 4.98 Å². The fraction of sp³-hybridized carbons (Fsp3) is 0.158. The number of methoxy groups -OCH3 is 1. The molecule has 0 saturated heterocycles. The first-order valence-electron chi connectivity index (χ1n) is 8.22. The Balaban J connectivity index is 1.70. The molecule has 7 heteroatoms. The quantitative estimate of drug-likeness (QED) is 0.553. The zero-order chi connectivity index (χ0) is 17.9. The van der Waals surface area contributed by atoms with Gasteiger partial charge in [0, 0.05) is 25.9 Å². The molecule has 0 saturated carbocycles. The standard InChI is InChI=1S/C19H18N6O/c1-24(13-14-6-4-3-5-7-14)18-9-8-17-21-22-19(25(17)23-18)16-12-15(26-2)10-11-20-16/h3-12H,13H2,1-2H3. The normalized spacial score (nSPS) is 10.8. The summed E-state index contributed by atoms with van der Waals surface area (Å²) in [5.41, 5.74) is 2.55. The maximum Gasteiger partial charge on any atom is 0.203 e. The first-order valence-corrected chi connectivity index (χ1v) is 8.22. The topological polar surface area (TPSA) is 68.4 Å². The number of hydrogen-bond acceptors (Lipinski definition) is 6. The lowest BCUT2D eigenvalue weighted by Crippen LogP contribution is -2.18. The van der Waals surface area contributed by atoms with Crippen molar-refractivity contribution in [3.05, 3.63) is 66.4 Å². The molecule has 4 rings (SSSR count). The number of anilines is 1. The molecule has 0 fully saturated rings. The highest BCUT2D eigenvalue weighted by atomic mass is 16.5. The van der Waals surface area contributed by atoms with Crippen molar-refractivity contribution in [2.24, 2.45) is 0 Å². The van der Waals surface area contributed by atoms with Gasteiger partial charge in [0.05, 0.1) is 7.11 Å². The molecule has 0 aliphatic carbocycles. The average molecular weight is 346 g/mol. The Morgan fingerprint density at radius 1 is 1.04 bits per heavy atom. The van der Waals surface area contributed by atoms with Crippen LogP contribution in [0.5, 0.6) is 5.75 Å². The third-order valence-corrected chi connectivity index (χ3v) is 4.10. The van der Waals surface area contributed by atoms with Crippen LogP contribution in [-0.2, 0) is 6.54 Å². The summed E-state index contributed by atoms with van der Waals surface area (Å²) >= 11 is 0. The highest BCUT2D eigenvalue weighted by Gasteiger charge is 2.13. The van der Waals surface area contributed by atoms with Crippen LogP contribution in [0.15, 0.2) is 60.8 Å². The predicted molar refractivity (Wildman–Crippen MR) is 99.1 cm³/mol. The van der Waals surface area contributed by atoms with E-state index < -0.39 is 0 Å². The van der Waals surface area contributed by atoms with Crippen LogP contribution in [0.3, 0.4) is 0 Å². The van der Waals surface area contributed by atoms with E-state index in [1.165, 1.54) is 5.56 Å². The van der Waals surface area contributed by atoms with Crippen molar-refractivity contribution < 1.29 is 4.74 Å². The van der Waals surface area contributed by atoms with E-state index in [0.29, 0.717) is 22.9 Å². The minimum atomic E-state index is 0.578. The van der Waals surface area contributed by atoms with Gasteiger partial charge in [0.15, 0.2) is 5.65 Å². The van der Waals surface area contributed by atoms with Gasteiger partial charge in [0.25, 0.3) is 0 Å². The van der Waals surface area contributed by atoms with E-state index in [0.717, 1.165) is 12.4 Å². The minimum Gasteiger partial charge on any atom is -0.497 e. The van der Waals surface area contributed by atoms with Crippen LogP contribution >= 0.6 is 0 Å². The molecule has 0 N–H and O–H groups in total. The van der Waals surface area contributed by atoms with Crippen molar-refractivity contribution in [1.29, 1.82) is 0 Å². The second-order valence-electron chi connectivity index (χ2n) is 5.91. The summed E-state index contributed by atoms with van der Waals surface area (Å²) in [4.78, 5) is 6.45. The van der Waals surface area contributed by atoms with Gasteiger partial charge in [-0.05, 0) is 23.8 Å². The Morgan fingerprint density at radius 2 is 1.88 bits per heavy atom. The maximum absolute atomic E-state index is 5.27. The molecule has 130 valence electrons. The molecule has 0 unspecified atom stereocenters. The van der Waals surface area contributed by atoms with Crippen LogP contribution in [0.2, 0.25) is 0 Å². The summed E-state index contributed by atoms with van der Waals surface area (Å²) < 4.78 is 6.97. The second-order valence-corrected chi connectivity index (χ2v) is 5.91. The molecule has 0 atom stereocenters. The molecular weight excluding hydrogens is 328 g/mol. The van der Waals surface area contributed by atoms with Gasteiger partial charge in [0.2, 0.25) is 5.82 Å². The number of rotatable bonds is 5. The van der Waals surface area contributed by atoms with E-state index in [2.05, 4.69) is 32.2 Å². The molecule has 3 aromatic heterocycles. The van der Waals surface area contributed by atoms with E-state index in [-0.39, 0.29) is 0 Å². The van der Waals surface area contributed by atoms with E-state index in [4.69, 9.17) is 9.84 Å². The van der Waals surface area contributed by atoms with Gasteiger partial charge < -0.3 is 9.64 Å². The van der Waals surface area contributed by atoms with Crippen LogP contribution in [0, 0.1) is 0 Å². The Bertz CT molecular complexity index is 1030. The lowest BCUT2D eigenvalue weighted by molar-refractivity contribution is 0.414. The Labute approximate surface area is 150 Å². The number of nitrogens with zero attached hydrogens (tertiary/aromatic N) is 6.